The van der Waals surface area contributed by atoms with Crippen molar-refractivity contribution in [1.29, 1.82) is 0 Å². The average Bonchev–Trinajstić information content (AvgIpc) is 2.96. The van der Waals surface area contributed by atoms with Gasteiger partial charge in [-0.05, 0) is 12.0 Å². The number of nitrogens with one attached hydrogen (secondary N) is 1. The van der Waals surface area contributed by atoms with Gasteiger partial charge in [-0.3, -0.25) is 9.69 Å². The number of benzene rings is 1. The lowest BCUT2D eigenvalue weighted by Gasteiger charge is -2.17. The fraction of sp³-hybridized carbons (Fsp3) is 0.286. The van der Waals surface area contributed by atoms with Crippen LogP contribution in [0.3, 0.4) is 0 Å². The van der Waals surface area contributed by atoms with E-state index in [9.17, 15) is 9.59 Å². The number of likely N-dealkylation sites (tertiary alicyclic amines) is 1. The van der Waals surface area contributed by atoms with Crippen molar-refractivity contribution in [3.8, 4) is 0 Å². The van der Waals surface area contributed by atoms with Gasteiger partial charge in [-0.15, -0.1) is 0 Å². The van der Waals surface area contributed by atoms with Crippen LogP contribution >= 0.6 is 0 Å². The highest BCUT2D eigenvalue weighted by Crippen LogP contribution is 2.26. The molecule has 0 aromatic heterocycles. The van der Waals surface area contributed by atoms with Crippen LogP contribution in [0.4, 0.5) is 4.79 Å². The molecule has 1 saturated heterocycles. The van der Waals surface area contributed by atoms with E-state index in [0.717, 1.165) is 17.7 Å². The van der Waals surface area contributed by atoms with Crippen molar-refractivity contribution >= 4 is 12.0 Å². The van der Waals surface area contributed by atoms with Crippen molar-refractivity contribution in [2.45, 2.75) is 19.1 Å². The van der Waals surface area contributed by atoms with Gasteiger partial charge in [-0.2, -0.15) is 0 Å². The summed E-state index contributed by atoms with van der Waals surface area (Å²) in [6.07, 6.45) is 1.83. The third-order valence-corrected chi connectivity index (χ3v) is 3.33. The Morgan fingerprint density at radius 1 is 1.37 bits per heavy atom. The molecule has 1 aromatic carbocycles. The van der Waals surface area contributed by atoms with Crippen LogP contribution in [0.5, 0.6) is 0 Å². The molecular weight excluding hydrogens is 244 g/mol. The number of nitrogens with zero attached hydrogens (tertiary/aromatic N) is 1. The van der Waals surface area contributed by atoms with Crippen LogP contribution in [-0.4, -0.2) is 29.5 Å². The van der Waals surface area contributed by atoms with E-state index >= 15 is 0 Å². The maximum absolute atomic E-state index is 12.0. The van der Waals surface area contributed by atoms with Crippen molar-refractivity contribution in [2.75, 3.05) is 6.54 Å². The number of rotatable bonds is 2. The van der Waals surface area contributed by atoms with Crippen LogP contribution in [0.25, 0.3) is 0 Å². The van der Waals surface area contributed by atoms with E-state index in [0.29, 0.717) is 6.54 Å². The van der Waals surface area contributed by atoms with Gasteiger partial charge in [0, 0.05) is 12.6 Å². The molecule has 0 spiro atoms. The number of amides is 2. The van der Waals surface area contributed by atoms with Crippen LogP contribution in [0.1, 0.15) is 12.0 Å². The van der Waals surface area contributed by atoms with Crippen LogP contribution < -0.4 is 5.32 Å². The quantitative estimate of drug-likeness (QED) is 0.872. The normalized spacial score (nSPS) is 20.8. The third kappa shape index (κ3) is 2.31. The molecule has 0 radical (unpaired) electrons. The number of carbonyl (C=O) groups excluding carboxylic acids is 2. The van der Waals surface area contributed by atoms with E-state index < -0.39 is 6.09 Å². The molecule has 98 valence electrons. The van der Waals surface area contributed by atoms with E-state index in [4.69, 9.17) is 4.74 Å². The fourth-order valence-electron chi connectivity index (χ4n) is 2.39. The van der Waals surface area contributed by atoms with Gasteiger partial charge in [0.2, 0.25) is 5.91 Å². The molecule has 0 saturated carbocycles. The average molecular weight is 258 g/mol. The summed E-state index contributed by atoms with van der Waals surface area (Å²) >= 11 is 0. The van der Waals surface area contributed by atoms with Gasteiger partial charge in [0.05, 0.1) is 11.7 Å². The lowest BCUT2D eigenvalue weighted by Crippen LogP contribution is -2.29. The summed E-state index contributed by atoms with van der Waals surface area (Å²) < 4.78 is 5.26. The van der Waals surface area contributed by atoms with Gasteiger partial charge < -0.3 is 10.1 Å². The predicted octanol–water partition coefficient (Wildman–Crippen LogP) is 1.41. The Morgan fingerprint density at radius 2 is 2.16 bits per heavy atom. The van der Waals surface area contributed by atoms with E-state index in [2.05, 4.69) is 5.32 Å². The Bertz CT molecular complexity index is 539. The molecule has 0 aliphatic carbocycles. The Labute approximate surface area is 110 Å². The molecule has 1 N–H and O–H groups in total. The Hall–Kier alpha value is -2.30. The maximum Gasteiger partial charge on any atom is 0.414 e. The molecule has 2 amide bonds. The predicted molar refractivity (Wildman–Crippen MR) is 68.0 cm³/mol. The monoisotopic (exact) mass is 258 g/mol. The highest BCUT2D eigenvalue weighted by Gasteiger charge is 2.37. The molecule has 5 nitrogen and oxygen atoms in total. The first-order valence-corrected chi connectivity index (χ1v) is 6.24. The number of carbonyl (C=O) groups is 2. The zero-order valence-electron chi connectivity index (χ0n) is 10.3. The van der Waals surface area contributed by atoms with Crippen molar-refractivity contribution in [2.24, 2.45) is 0 Å². The summed E-state index contributed by atoms with van der Waals surface area (Å²) in [5, 5.41) is 2.79. The summed E-state index contributed by atoms with van der Waals surface area (Å²) in [7, 11) is 0. The minimum atomic E-state index is -0.394. The largest absolute Gasteiger partial charge is 0.444 e. The van der Waals surface area contributed by atoms with Crippen LogP contribution in [0, 0.1) is 0 Å². The zero-order chi connectivity index (χ0) is 13.2. The molecule has 5 heteroatoms. The van der Waals surface area contributed by atoms with Gasteiger partial charge >= 0.3 is 6.09 Å². The fourth-order valence-corrected chi connectivity index (χ4v) is 2.39. The van der Waals surface area contributed by atoms with Crippen molar-refractivity contribution in [1.82, 2.24) is 10.2 Å². The summed E-state index contributed by atoms with van der Waals surface area (Å²) in [6, 6.07) is 9.49. The highest BCUT2D eigenvalue weighted by atomic mass is 16.6. The maximum atomic E-state index is 12.0. The molecule has 19 heavy (non-hydrogen) atoms. The summed E-state index contributed by atoms with van der Waals surface area (Å²) in [6.45, 7) is 0.833. The molecular formula is C14H14N2O3. The number of hydrogen-bond donors (Lipinski definition) is 1. The second-order valence-electron chi connectivity index (χ2n) is 4.61. The smallest absolute Gasteiger partial charge is 0.414 e. The summed E-state index contributed by atoms with van der Waals surface area (Å²) in [5.74, 6) is -0.138. The lowest BCUT2D eigenvalue weighted by atomic mass is 10.2. The molecule has 1 atom stereocenters. The second-order valence-corrected chi connectivity index (χ2v) is 4.61. The SMILES string of the molecule is O=C1C=C2[C@H](CCN2C(=O)OCc2ccccc2)N1. The standard InChI is InChI=1S/C14H14N2O3/c17-13-8-12-11(15-13)6-7-16(12)14(18)19-9-10-4-2-1-3-5-10/h1-5,8,11H,6-7,9H2,(H,15,17)/t11-/m0/s1. The van der Waals surface area contributed by atoms with Crippen molar-refractivity contribution in [3.63, 3.8) is 0 Å². The van der Waals surface area contributed by atoms with E-state index in [1.807, 2.05) is 30.3 Å². The minimum absolute atomic E-state index is 0.0308. The van der Waals surface area contributed by atoms with Gasteiger partial charge in [0.25, 0.3) is 0 Å². The number of fused-ring (bicyclic) bond motifs is 1. The van der Waals surface area contributed by atoms with Crippen LogP contribution in [0.2, 0.25) is 0 Å². The van der Waals surface area contributed by atoms with Gasteiger partial charge in [-0.25, -0.2) is 4.79 Å². The molecule has 0 bridgehead atoms. The van der Waals surface area contributed by atoms with E-state index in [1.54, 1.807) is 0 Å². The topological polar surface area (TPSA) is 58.6 Å². The molecule has 0 unspecified atom stereocenters. The third-order valence-electron chi connectivity index (χ3n) is 3.33. The summed E-state index contributed by atoms with van der Waals surface area (Å²) in [4.78, 5) is 24.8. The molecule has 2 heterocycles. The van der Waals surface area contributed by atoms with Gasteiger partial charge in [0.1, 0.15) is 6.61 Å². The van der Waals surface area contributed by atoms with E-state index in [1.165, 1.54) is 11.0 Å². The minimum Gasteiger partial charge on any atom is -0.444 e. The molecule has 2 aliphatic rings. The highest BCUT2D eigenvalue weighted by molar-refractivity contribution is 5.93. The first-order valence-electron chi connectivity index (χ1n) is 6.24. The number of hydrogen-bond acceptors (Lipinski definition) is 3. The van der Waals surface area contributed by atoms with Gasteiger partial charge in [0.15, 0.2) is 0 Å². The van der Waals surface area contributed by atoms with Crippen molar-refractivity contribution < 1.29 is 14.3 Å². The molecule has 3 rings (SSSR count). The van der Waals surface area contributed by atoms with Crippen molar-refractivity contribution in [3.05, 3.63) is 47.7 Å². The first-order chi connectivity index (χ1) is 9.24. The first kappa shape index (κ1) is 11.8. The Morgan fingerprint density at radius 3 is 2.95 bits per heavy atom. The zero-order valence-corrected chi connectivity index (χ0v) is 10.3. The van der Waals surface area contributed by atoms with Crippen LogP contribution in [-0.2, 0) is 16.1 Å². The Balaban J connectivity index is 1.62. The van der Waals surface area contributed by atoms with E-state index in [-0.39, 0.29) is 18.6 Å². The van der Waals surface area contributed by atoms with Gasteiger partial charge in [-0.1, -0.05) is 30.3 Å². The number of ether oxygens (including phenoxy) is 1. The molecule has 1 fully saturated rings. The molecule has 1 aromatic rings. The Kier molecular flexibility index (Phi) is 2.95. The second kappa shape index (κ2) is 4.76. The lowest BCUT2D eigenvalue weighted by molar-refractivity contribution is -0.116. The van der Waals surface area contributed by atoms with Crippen LogP contribution in [0.15, 0.2) is 42.1 Å². The summed E-state index contributed by atoms with van der Waals surface area (Å²) in [5.41, 5.74) is 1.67. The molecule has 2 aliphatic heterocycles.